The average Bonchev–Trinajstić information content (AvgIpc) is 3.06. The van der Waals surface area contributed by atoms with E-state index in [0.29, 0.717) is 6.42 Å². The number of aromatic nitrogens is 1. The van der Waals surface area contributed by atoms with E-state index in [4.69, 9.17) is 0 Å². The molecule has 1 aromatic heterocycles. The number of fused-ring (bicyclic) bond motifs is 1. The summed E-state index contributed by atoms with van der Waals surface area (Å²) < 4.78 is 1.83. The highest BCUT2D eigenvalue weighted by molar-refractivity contribution is 8.02. The lowest BCUT2D eigenvalue weighted by atomic mass is 10.1. The molecule has 3 aromatic rings. The molecule has 0 aliphatic heterocycles. The summed E-state index contributed by atoms with van der Waals surface area (Å²) in [5.41, 5.74) is 5.84. The van der Waals surface area contributed by atoms with Crippen molar-refractivity contribution in [3.8, 4) is 0 Å². The normalized spacial score (nSPS) is 12.0. The molecular weight excluding hydrogens is 414 g/mol. The van der Waals surface area contributed by atoms with Gasteiger partial charge in [-0.25, -0.2) is 4.98 Å². The number of hydrogen-bond donors (Lipinski definition) is 2. The Morgan fingerprint density at radius 1 is 1.10 bits per heavy atom. The molecular formula is C23H27N3O2S2. The number of rotatable bonds is 7. The van der Waals surface area contributed by atoms with Crippen molar-refractivity contribution in [1.29, 1.82) is 0 Å². The molecule has 0 fully saturated rings. The first-order valence-corrected chi connectivity index (χ1v) is 11.7. The van der Waals surface area contributed by atoms with Crippen molar-refractivity contribution in [3.05, 3.63) is 47.0 Å². The first-order chi connectivity index (χ1) is 14.3. The van der Waals surface area contributed by atoms with Crippen LogP contribution in [-0.4, -0.2) is 22.0 Å². The molecule has 1 atom stereocenters. The summed E-state index contributed by atoms with van der Waals surface area (Å²) in [6, 6.07) is 9.86. The lowest BCUT2D eigenvalue weighted by molar-refractivity contribution is -0.116. The Morgan fingerprint density at radius 2 is 1.80 bits per heavy atom. The van der Waals surface area contributed by atoms with E-state index in [2.05, 4.69) is 34.7 Å². The van der Waals surface area contributed by atoms with Gasteiger partial charge < -0.3 is 10.6 Å². The summed E-state index contributed by atoms with van der Waals surface area (Å²) in [6.45, 7) is 9.95. The van der Waals surface area contributed by atoms with Gasteiger partial charge in [0.25, 0.3) is 0 Å². The van der Waals surface area contributed by atoms with E-state index in [0.717, 1.165) is 43.5 Å². The van der Waals surface area contributed by atoms with Gasteiger partial charge >= 0.3 is 0 Å². The smallest absolute Gasteiger partial charge is 0.237 e. The van der Waals surface area contributed by atoms with Crippen LogP contribution in [0.4, 0.5) is 11.4 Å². The lowest BCUT2D eigenvalue weighted by Gasteiger charge is -2.15. The van der Waals surface area contributed by atoms with E-state index in [9.17, 15) is 9.59 Å². The van der Waals surface area contributed by atoms with Gasteiger partial charge in [-0.3, -0.25) is 9.59 Å². The maximum absolute atomic E-state index is 12.8. The van der Waals surface area contributed by atoms with Crippen LogP contribution >= 0.6 is 23.1 Å². The number of anilines is 2. The highest BCUT2D eigenvalue weighted by atomic mass is 32.2. The third-order valence-corrected chi connectivity index (χ3v) is 6.91. The van der Waals surface area contributed by atoms with Crippen molar-refractivity contribution in [1.82, 2.24) is 4.98 Å². The second kappa shape index (κ2) is 9.62. The Labute approximate surface area is 185 Å². The molecule has 0 radical (unpaired) electrons. The van der Waals surface area contributed by atoms with Crippen LogP contribution in [-0.2, 0) is 9.59 Å². The van der Waals surface area contributed by atoms with E-state index < -0.39 is 0 Å². The number of thiazole rings is 1. The average molecular weight is 442 g/mol. The molecule has 2 aromatic carbocycles. The quantitative estimate of drug-likeness (QED) is 0.436. The molecule has 158 valence electrons. The second-order valence-corrected chi connectivity index (χ2v) is 10.1. The molecule has 2 N–H and O–H groups in total. The Balaban J connectivity index is 1.69. The Hall–Kier alpha value is -2.38. The summed E-state index contributed by atoms with van der Waals surface area (Å²) in [5.74, 6) is -0.0234. The van der Waals surface area contributed by atoms with Crippen molar-refractivity contribution < 1.29 is 9.59 Å². The van der Waals surface area contributed by atoms with E-state index in [1.54, 1.807) is 0 Å². The van der Waals surface area contributed by atoms with Gasteiger partial charge in [0.1, 0.15) is 0 Å². The van der Waals surface area contributed by atoms with Crippen LogP contribution in [0.5, 0.6) is 0 Å². The van der Waals surface area contributed by atoms with Crippen LogP contribution in [0.1, 0.15) is 43.4 Å². The van der Waals surface area contributed by atoms with E-state index in [1.165, 1.54) is 28.7 Å². The molecule has 30 heavy (non-hydrogen) atoms. The highest BCUT2D eigenvalue weighted by Gasteiger charge is 2.19. The van der Waals surface area contributed by atoms with E-state index in [-0.39, 0.29) is 17.1 Å². The van der Waals surface area contributed by atoms with Gasteiger partial charge in [0.15, 0.2) is 4.34 Å². The van der Waals surface area contributed by atoms with Crippen LogP contribution in [0.25, 0.3) is 10.2 Å². The molecule has 0 spiro atoms. The van der Waals surface area contributed by atoms with Crippen molar-refractivity contribution in [2.75, 3.05) is 10.6 Å². The molecule has 7 heteroatoms. The molecule has 1 heterocycles. The van der Waals surface area contributed by atoms with Gasteiger partial charge in [0.05, 0.1) is 15.5 Å². The van der Waals surface area contributed by atoms with Crippen LogP contribution in [0.15, 0.2) is 34.7 Å². The minimum atomic E-state index is -0.283. The summed E-state index contributed by atoms with van der Waals surface area (Å²) >= 11 is 2.98. The van der Waals surface area contributed by atoms with Crippen LogP contribution < -0.4 is 10.6 Å². The molecule has 5 nitrogen and oxygen atoms in total. The maximum atomic E-state index is 12.8. The lowest BCUT2D eigenvalue weighted by Crippen LogP contribution is -2.23. The van der Waals surface area contributed by atoms with Crippen LogP contribution in [0, 0.1) is 20.8 Å². The van der Waals surface area contributed by atoms with Gasteiger partial charge in [0, 0.05) is 17.8 Å². The Kier molecular flexibility index (Phi) is 7.15. The molecule has 0 unspecified atom stereocenters. The molecule has 0 aliphatic rings. The zero-order valence-corrected chi connectivity index (χ0v) is 19.6. The molecule has 0 saturated heterocycles. The second-order valence-electron chi connectivity index (χ2n) is 7.48. The zero-order chi connectivity index (χ0) is 21.8. The van der Waals surface area contributed by atoms with Gasteiger partial charge in [-0.1, -0.05) is 36.4 Å². The maximum Gasteiger partial charge on any atom is 0.237 e. The van der Waals surface area contributed by atoms with Crippen molar-refractivity contribution in [2.45, 2.75) is 57.0 Å². The standard InChI is InChI=1S/C23H27N3O2S2/c1-6-7-20(27)24-17-8-9-18-19(12-17)30-23(25-18)29-16(5)22(28)26-21-14(3)10-13(2)11-15(21)4/h8-12,16H,6-7H2,1-5H3,(H,24,27)(H,26,28)/t16-/m0/s1. The third-order valence-electron chi connectivity index (χ3n) is 4.70. The minimum absolute atomic E-state index is 0.0166. The first-order valence-electron chi connectivity index (χ1n) is 10.0. The number of hydrogen-bond acceptors (Lipinski definition) is 5. The topological polar surface area (TPSA) is 71.1 Å². The molecule has 0 bridgehead atoms. The molecule has 2 amide bonds. The van der Waals surface area contributed by atoms with Gasteiger partial charge in [-0.05, 0) is 63.4 Å². The summed E-state index contributed by atoms with van der Waals surface area (Å²) in [7, 11) is 0. The number of nitrogens with one attached hydrogen (secondary N) is 2. The third kappa shape index (κ3) is 5.40. The van der Waals surface area contributed by atoms with E-state index >= 15 is 0 Å². The van der Waals surface area contributed by atoms with Crippen LogP contribution in [0.3, 0.4) is 0 Å². The predicted molar refractivity (Wildman–Crippen MR) is 128 cm³/mol. The van der Waals surface area contributed by atoms with Crippen molar-refractivity contribution in [2.24, 2.45) is 0 Å². The number of carbonyl (C=O) groups is 2. The van der Waals surface area contributed by atoms with Crippen LogP contribution in [0.2, 0.25) is 0 Å². The van der Waals surface area contributed by atoms with Gasteiger partial charge in [-0.15, -0.1) is 11.3 Å². The number of benzene rings is 2. The fourth-order valence-electron chi connectivity index (χ4n) is 3.29. The fourth-order valence-corrected chi connectivity index (χ4v) is 5.54. The van der Waals surface area contributed by atoms with Gasteiger partial charge in [0.2, 0.25) is 11.8 Å². The largest absolute Gasteiger partial charge is 0.326 e. The van der Waals surface area contributed by atoms with E-state index in [1.807, 2.05) is 45.9 Å². The summed E-state index contributed by atoms with van der Waals surface area (Å²) in [6.07, 6.45) is 1.32. The fraction of sp³-hybridized carbons (Fsp3) is 0.348. The number of thioether (sulfide) groups is 1. The van der Waals surface area contributed by atoms with Crippen molar-refractivity contribution >= 4 is 56.5 Å². The monoisotopic (exact) mass is 441 g/mol. The molecule has 0 saturated carbocycles. The first kappa shape index (κ1) is 22.3. The van der Waals surface area contributed by atoms with Gasteiger partial charge in [-0.2, -0.15) is 0 Å². The summed E-state index contributed by atoms with van der Waals surface area (Å²) in [5, 5.41) is 5.70. The van der Waals surface area contributed by atoms with Crippen molar-refractivity contribution in [3.63, 3.8) is 0 Å². The SMILES string of the molecule is CCCC(=O)Nc1ccc2nc(S[C@@H](C)C(=O)Nc3c(C)cc(C)cc3C)sc2c1. The number of aryl methyl sites for hydroxylation is 3. The molecule has 3 rings (SSSR count). The Morgan fingerprint density at radius 3 is 2.47 bits per heavy atom. The zero-order valence-electron chi connectivity index (χ0n) is 18.0. The molecule has 0 aliphatic carbocycles. The minimum Gasteiger partial charge on any atom is -0.326 e. The Bertz CT molecular complexity index is 1070. The number of amides is 2. The highest BCUT2D eigenvalue weighted by Crippen LogP contribution is 2.34. The number of carbonyl (C=O) groups excluding carboxylic acids is 2. The number of nitrogens with zero attached hydrogens (tertiary/aromatic N) is 1. The predicted octanol–water partition coefficient (Wildman–Crippen LogP) is 6.08. The summed E-state index contributed by atoms with van der Waals surface area (Å²) in [4.78, 5) is 29.2.